The van der Waals surface area contributed by atoms with Crippen molar-refractivity contribution in [1.82, 2.24) is 0 Å². The van der Waals surface area contributed by atoms with Gasteiger partial charge in [-0.15, -0.1) is 0 Å². The lowest BCUT2D eigenvalue weighted by molar-refractivity contribution is -0.114. The quantitative estimate of drug-likeness (QED) is 0.475. The summed E-state index contributed by atoms with van der Waals surface area (Å²) in [6, 6.07) is 9.02. The lowest BCUT2D eigenvalue weighted by Gasteiger charge is -2.54. The van der Waals surface area contributed by atoms with E-state index in [4.69, 9.17) is 0 Å². The predicted molar refractivity (Wildman–Crippen MR) is 148 cm³/mol. The van der Waals surface area contributed by atoms with E-state index >= 15 is 0 Å². The molecule has 0 aromatic heterocycles. The second kappa shape index (κ2) is 8.63. The average molecular weight is 486 g/mol. The molecule has 0 bridgehead atoms. The van der Waals surface area contributed by atoms with Gasteiger partial charge in [-0.1, -0.05) is 43.4 Å². The van der Waals surface area contributed by atoms with Gasteiger partial charge in [-0.25, -0.2) is 0 Å². The zero-order valence-electron chi connectivity index (χ0n) is 23.2. The van der Waals surface area contributed by atoms with Gasteiger partial charge in [-0.3, -0.25) is 4.79 Å². The molecule has 6 atom stereocenters. The highest BCUT2D eigenvalue weighted by molar-refractivity contribution is 5.93. The molecule has 0 unspecified atom stereocenters. The van der Waals surface area contributed by atoms with Gasteiger partial charge in [-0.05, 0) is 106 Å². The maximum Gasteiger partial charge on any atom is 0.156 e. The van der Waals surface area contributed by atoms with Crippen LogP contribution in [-0.4, -0.2) is 30.6 Å². The maximum absolute atomic E-state index is 12.4. The van der Waals surface area contributed by atoms with E-state index in [1.807, 2.05) is 6.08 Å². The van der Waals surface area contributed by atoms with Crippen LogP contribution in [0.15, 0.2) is 47.1 Å². The second-order valence-corrected chi connectivity index (χ2v) is 13.4. The van der Waals surface area contributed by atoms with Crippen molar-refractivity contribution in [2.24, 2.45) is 28.6 Å². The minimum absolute atomic E-state index is 0.133. The van der Waals surface area contributed by atoms with Crippen LogP contribution in [0.4, 0.5) is 5.69 Å². The molecule has 2 fully saturated rings. The summed E-state index contributed by atoms with van der Waals surface area (Å²) in [4.78, 5) is 14.4. The van der Waals surface area contributed by atoms with Crippen molar-refractivity contribution in [3.63, 3.8) is 0 Å². The van der Waals surface area contributed by atoms with E-state index in [2.05, 4.69) is 89.7 Å². The number of rotatable bonds is 2. The number of ketones is 1. The Labute approximate surface area is 218 Å². The molecule has 0 spiro atoms. The van der Waals surface area contributed by atoms with Crippen molar-refractivity contribution >= 4 is 11.5 Å². The van der Waals surface area contributed by atoms with E-state index in [1.54, 1.807) is 5.57 Å². The Bertz CT molecular complexity index is 1180. The zero-order chi connectivity index (χ0) is 26.0. The first-order chi connectivity index (χ1) is 16.8. The Morgan fingerprint density at radius 3 is 2.42 bits per heavy atom. The summed E-state index contributed by atoms with van der Waals surface area (Å²) in [5, 5.41) is 12.4. The first-order valence-corrected chi connectivity index (χ1v) is 13.8. The van der Waals surface area contributed by atoms with Gasteiger partial charge in [0.15, 0.2) is 5.78 Å². The number of anilines is 1. The van der Waals surface area contributed by atoms with E-state index in [0.29, 0.717) is 18.3 Å². The van der Waals surface area contributed by atoms with Crippen molar-refractivity contribution in [3.05, 3.63) is 52.6 Å². The summed E-state index contributed by atoms with van der Waals surface area (Å²) in [6.07, 6.45) is 7.39. The predicted octanol–water partition coefficient (Wildman–Crippen LogP) is 6.68. The highest BCUT2D eigenvalue weighted by Gasteiger charge is 2.65. The first-order valence-electron chi connectivity index (χ1n) is 13.8. The van der Waals surface area contributed by atoms with E-state index in [0.717, 1.165) is 32.1 Å². The molecule has 5 rings (SSSR count). The minimum Gasteiger partial charge on any atom is -0.378 e. The minimum atomic E-state index is -0.998. The van der Waals surface area contributed by atoms with Crippen molar-refractivity contribution in [2.75, 3.05) is 19.0 Å². The first kappa shape index (κ1) is 25.3. The summed E-state index contributed by atoms with van der Waals surface area (Å²) in [7, 11) is 4.15. The summed E-state index contributed by atoms with van der Waals surface area (Å²) >= 11 is 0. The van der Waals surface area contributed by atoms with Crippen LogP contribution >= 0.6 is 0 Å². The topological polar surface area (TPSA) is 40.5 Å². The monoisotopic (exact) mass is 485 g/mol. The molecule has 1 N–H and O–H groups in total. The number of hydrogen-bond donors (Lipinski definition) is 1. The second-order valence-electron chi connectivity index (χ2n) is 13.4. The van der Waals surface area contributed by atoms with Gasteiger partial charge in [0, 0.05) is 43.0 Å². The molecule has 4 aliphatic carbocycles. The molecule has 192 valence electrons. The van der Waals surface area contributed by atoms with Crippen molar-refractivity contribution in [2.45, 2.75) is 84.7 Å². The van der Waals surface area contributed by atoms with E-state index in [1.165, 1.54) is 22.4 Å². The van der Waals surface area contributed by atoms with Gasteiger partial charge in [0.05, 0.1) is 0 Å². The molecule has 36 heavy (non-hydrogen) atoms. The largest absolute Gasteiger partial charge is 0.378 e. The number of carbonyl (C=O) groups excluding carboxylic acids is 1. The number of benzene rings is 1. The number of allylic oxidation sites excluding steroid dienone is 4. The van der Waals surface area contributed by atoms with Crippen molar-refractivity contribution < 1.29 is 9.90 Å². The molecule has 2 saturated carbocycles. The summed E-state index contributed by atoms with van der Waals surface area (Å²) < 4.78 is 0. The molecule has 1 aromatic carbocycles. The molecule has 0 radical (unpaired) electrons. The Kier molecular flexibility index (Phi) is 6.07. The van der Waals surface area contributed by atoms with Gasteiger partial charge in [-0.2, -0.15) is 0 Å². The Hall–Kier alpha value is -2.31. The molecular weight excluding hydrogens is 442 g/mol. The standard InChI is InChI=1S/C33H43NO2/c1-21-18-29-27-14-10-23-19-25(35)13-15-26(23)30(27)28(22-8-11-24(12-9-22)34(6)7)20-32(29,5)33(21,36)17-16-31(2,3)4/h8-9,11-12,19,21,27-29,36H,10,13-15,18,20H2,1-7H3/t21-,27+,28-,29+,32+,33+/m1/s1. The van der Waals surface area contributed by atoms with E-state index in [-0.39, 0.29) is 28.4 Å². The Balaban J connectivity index is 1.67. The highest BCUT2D eigenvalue weighted by atomic mass is 16.3. The number of fused-ring (bicyclic) bond motifs is 4. The van der Waals surface area contributed by atoms with Gasteiger partial charge >= 0.3 is 0 Å². The Morgan fingerprint density at radius 1 is 1.08 bits per heavy atom. The fourth-order valence-corrected chi connectivity index (χ4v) is 7.85. The van der Waals surface area contributed by atoms with Crippen LogP contribution in [0.1, 0.15) is 84.6 Å². The van der Waals surface area contributed by atoms with Gasteiger partial charge < -0.3 is 10.0 Å². The van der Waals surface area contributed by atoms with Gasteiger partial charge in [0.1, 0.15) is 5.60 Å². The third-order valence-corrected chi connectivity index (χ3v) is 9.76. The number of carbonyl (C=O) groups is 1. The number of aliphatic hydroxyl groups is 1. The maximum atomic E-state index is 12.4. The van der Waals surface area contributed by atoms with E-state index in [9.17, 15) is 9.90 Å². The van der Waals surface area contributed by atoms with Crippen LogP contribution in [0.3, 0.4) is 0 Å². The third kappa shape index (κ3) is 3.97. The van der Waals surface area contributed by atoms with Gasteiger partial charge in [0.2, 0.25) is 0 Å². The normalized spacial score (nSPS) is 35.8. The third-order valence-electron chi connectivity index (χ3n) is 9.76. The Morgan fingerprint density at radius 2 is 1.78 bits per heavy atom. The molecule has 0 saturated heterocycles. The van der Waals surface area contributed by atoms with Crippen LogP contribution in [0.2, 0.25) is 0 Å². The number of nitrogens with zero attached hydrogens (tertiary/aromatic N) is 1. The lowest BCUT2D eigenvalue weighted by Crippen LogP contribution is -2.52. The van der Waals surface area contributed by atoms with Crippen LogP contribution in [-0.2, 0) is 4.79 Å². The fourth-order valence-electron chi connectivity index (χ4n) is 7.85. The smallest absolute Gasteiger partial charge is 0.156 e. The molecule has 0 aliphatic heterocycles. The SMILES string of the molecule is C[C@@H]1C[C@H]2[C@@H]3CCC4=CC(=O)CCC4=C3[C@@H](c3ccc(N(C)C)cc3)C[C@]2(C)[C@]1(O)C#CC(C)(C)C. The van der Waals surface area contributed by atoms with Crippen LogP contribution in [0, 0.1) is 40.4 Å². The van der Waals surface area contributed by atoms with Crippen LogP contribution in [0.25, 0.3) is 0 Å². The van der Waals surface area contributed by atoms with Crippen LogP contribution in [0.5, 0.6) is 0 Å². The molecule has 4 aliphatic rings. The molecule has 0 amide bonds. The summed E-state index contributed by atoms with van der Waals surface area (Å²) in [6.45, 7) is 10.9. The highest BCUT2D eigenvalue weighted by Crippen LogP contribution is 2.68. The molecule has 1 aromatic rings. The fraction of sp³-hybridized carbons (Fsp3) is 0.606. The molecule has 3 heteroatoms. The zero-order valence-corrected chi connectivity index (χ0v) is 23.2. The molecular formula is C33H43NO2. The van der Waals surface area contributed by atoms with Crippen LogP contribution < -0.4 is 4.90 Å². The summed E-state index contributed by atoms with van der Waals surface area (Å²) in [5.74, 6) is 8.40. The molecule has 3 nitrogen and oxygen atoms in total. The average Bonchev–Trinajstić information content (AvgIpc) is 3.02. The van der Waals surface area contributed by atoms with Gasteiger partial charge in [0.25, 0.3) is 0 Å². The van der Waals surface area contributed by atoms with Crippen molar-refractivity contribution in [3.8, 4) is 11.8 Å². The van der Waals surface area contributed by atoms with E-state index < -0.39 is 5.60 Å². The molecule has 0 heterocycles. The van der Waals surface area contributed by atoms with Crippen molar-refractivity contribution in [1.29, 1.82) is 0 Å². The summed E-state index contributed by atoms with van der Waals surface area (Å²) in [5.41, 5.74) is 5.41. The lowest BCUT2D eigenvalue weighted by atomic mass is 9.51. The number of hydrogen-bond acceptors (Lipinski definition) is 3.